The van der Waals surface area contributed by atoms with Crippen molar-refractivity contribution in [2.24, 2.45) is 0 Å². The molecule has 0 aromatic carbocycles. The van der Waals surface area contributed by atoms with Crippen LogP contribution in [0.15, 0.2) is 12.4 Å². The highest BCUT2D eigenvalue weighted by Crippen LogP contribution is 2.26. The summed E-state index contributed by atoms with van der Waals surface area (Å²) in [5.41, 5.74) is 1.11. The molecule has 0 amide bonds. The first-order chi connectivity index (χ1) is 9.07. The molecule has 2 fully saturated rings. The minimum Gasteiger partial charge on any atom is -0.268 e. The van der Waals surface area contributed by atoms with Gasteiger partial charge in [0.25, 0.3) is 10.2 Å². The Morgan fingerprint density at radius 1 is 1.21 bits per heavy atom. The topological polar surface area (TPSA) is 58.4 Å². The van der Waals surface area contributed by atoms with Gasteiger partial charge in [0.2, 0.25) is 0 Å². The molecule has 0 N–H and O–H groups in total. The van der Waals surface area contributed by atoms with E-state index in [-0.39, 0.29) is 6.04 Å². The van der Waals surface area contributed by atoms with Gasteiger partial charge < -0.3 is 0 Å². The first-order valence-corrected chi connectivity index (χ1v) is 8.23. The van der Waals surface area contributed by atoms with Crippen molar-refractivity contribution in [2.75, 3.05) is 26.2 Å². The number of nitrogens with zero attached hydrogens (tertiary/aromatic N) is 4. The lowest BCUT2D eigenvalue weighted by molar-refractivity contribution is 0.383. The molecular formula is C12H20N4O2S. The lowest BCUT2D eigenvalue weighted by Crippen LogP contribution is -2.41. The maximum atomic E-state index is 12.4. The van der Waals surface area contributed by atoms with Gasteiger partial charge in [-0.3, -0.25) is 4.68 Å². The molecule has 106 valence electrons. The molecule has 1 atom stereocenters. The summed E-state index contributed by atoms with van der Waals surface area (Å²) in [6.07, 6.45) is 6.60. The standard InChI is InChI=1S/C12H20N4O2S/c1-11-8-13-16(9-11)12-4-7-15(10-12)19(17,18)14-5-2-3-6-14/h8-9,12H,2-7,10H2,1H3. The largest absolute Gasteiger partial charge is 0.282 e. The van der Waals surface area contributed by atoms with Crippen molar-refractivity contribution in [3.05, 3.63) is 18.0 Å². The highest BCUT2D eigenvalue weighted by molar-refractivity contribution is 7.86. The first kappa shape index (κ1) is 13.1. The van der Waals surface area contributed by atoms with Crippen LogP contribution < -0.4 is 0 Å². The molecule has 2 aliphatic heterocycles. The van der Waals surface area contributed by atoms with Crippen molar-refractivity contribution in [1.29, 1.82) is 0 Å². The lowest BCUT2D eigenvalue weighted by Gasteiger charge is -2.23. The highest BCUT2D eigenvalue weighted by atomic mass is 32.2. The van der Waals surface area contributed by atoms with Crippen LogP contribution in [0.5, 0.6) is 0 Å². The first-order valence-electron chi connectivity index (χ1n) is 6.83. The van der Waals surface area contributed by atoms with Gasteiger partial charge in [0.05, 0.1) is 12.2 Å². The van der Waals surface area contributed by atoms with E-state index in [9.17, 15) is 8.42 Å². The molecule has 0 saturated carbocycles. The molecule has 19 heavy (non-hydrogen) atoms. The summed E-state index contributed by atoms with van der Waals surface area (Å²) in [6.45, 7) is 4.48. The van der Waals surface area contributed by atoms with Crippen LogP contribution in [0.3, 0.4) is 0 Å². The van der Waals surface area contributed by atoms with Gasteiger partial charge in [-0.25, -0.2) is 0 Å². The molecule has 0 spiro atoms. The van der Waals surface area contributed by atoms with E-state index in [1.807, 2.05) is 24.0 Å². The normalized spacial score (nSPS) is 26.3. The molecule has 1 unspecified atom stereocenters. The van der Waals surface area contributed by atoms with Crippen molar-refractivity contribution in [2.45, 2.75) is 32.2 Å². The fraction of sp³-hybridized carbons (Fsp3) is 0.750. The maximum Gasteiger partial charge on any atom is 0.282 e. The number of rotatable bonds is 3. The average Bonchev–Trinajstić information content (AvgIpc) is 3.10. The summed E-state index contributed by atoms with van der Waals surface area (Å²) in [5.74, 6) is 0. The smallest absolute Gasteiger partial charge is 0.268 e. The SMILES string of the molecule is Cc1cnn(C2CCN(S(=O)(=O)N3CCCC3)C2)c1. The maximum absolute atomic E-state index is 12.4. The summed E-state index contributed by atoms with van der Waals surface area (Å²) in [7, 11) is -3.25. The zero-order valence-electron chi connectivity index (χ0n) is 11.2. The van der Waals surface area contributed by atoms with Crippen molar-refractivity contribution >= 4 is 10.2 Å². The second-order valence-electron chi connectivity index (χ2n) is 5.41. The number of hydrogen-bond donors (Lipinski definition) is 0. The molecule has 0 aliphatic carbocycles. The van der Waals surface area contributed by atoms with Crippen LogP contribution >= 0.6 is 0 Å². The van der Waals surface area contributed by atoms with Gasteiger partial charge in [-0.1, -0.05) is 0 Å². The molecule has 3 rings (SSSR count). The van der Waals surface area contributed by atoms with E-state index in [0.717, 1.165) is 24.8 Å². The molecule has 0 bridgehead atoms. The predicted octanol–water partition coefficient (Wildman–Crippen LogP) is 0.779. The van der Waals surface area contributed by atoms with Crippen molar-refractivity contribution < 1.29 is 8.42 Å². The Morgan fingerprint density at radius 3 is 2.58 bits per heavy atom. The van der Waals surface area contributed by atoms with Crippen LogP contribution in [-0.2, 0) is 10.2 Å². The van der Waals surface area contributed by atoms with Crippen molar-refractivity contribution in [1.82, 2.24) is 18.4 Å². The minimum atomic E-state index is -3.25. The van der Waals surface area contributed by atoms with Crippen LogP contribution in [0.1, 0.15) is 30.9 Å². The van der Waals surface area contributed by atoms with Crippen LogP contribution in [0, 0.1) is 6.92 Å². The summed E-state index contributed by atoms with van der Waals surface area (Å²) in [6, 6.07) is 0.172. The third-order valence-corrected chi connectivity index (χ3v) is 5.95. The Labute approximate surface area is 114 Å². The lowest BCUT2D eigenvalue weighted by atomic mass is 10.3. The van der Waals surface area contributed by atoms with E-state index in [0.29, 0.717) is 26.2 Å². The summed E-state index contributed by atoms with van der Waals surface area (Å²) in [5, 5.41) is 4.29. The summed E-state index contributed by atoms with van der Waals surface area (Å²) >= 11 is 0. The molecule has 2 aliphatic rings. The average molecular weight is 284 g/mol. The second-order valence-corrected chi connectivity index (χ2v) is 7.34. The summed E-state index contributed by atoms with van der Waals surface area (Å²) < 4.78 is 30.0. The molecule has 6 nitrogen and oxygen atoms in total. The third kappa shape index (κ3) is 2.42. The number of hydrogen-bond acceptors (Lipinski definition) is 3. The molecule has 1 aromatic rings. The Hall–Kier alpha value is -0.920. The van der Waals surface area contributed by atoms with Crippen LogP contribution in [0.25, 0.3) is 0 Å². The van der Waals surface area contributed by atoms with Crippen LogP contribution in [0.2, 0.25) is 0 Å². The van der Waals surface area contributed by atoms with E-state index in [1.165, 1.54) is 0 Å². The van der Waals surface area contributed by atoms with Gasteiger partial charge >= 0.3 is 0 Å². The second kappa shape index (κ2) is 4.88. The fourth-order valence-electron chi connectivity index (χ4n) is 2.85. The molecule has 0 radical (unpaired) electrons. The molecule has 7 heteroatoms. The van der Waals surface area contributed by atoms with Crippen LogP contribution in [-0.4, -0.2) is 53.0 Å². The van der Waals surface area contributed by atoms with E-state index in [4.69, 9.17) is 0 Å². The predicted molar refractivity (Wildman–Crippen MR) is 71.9 cm³/mol. The number of aromatic nitrogens is 2. The van der Waals surface area contributed by atoms with Gasteiger partial charge in [0, 0.05) is 32.4 Å². The molecular weight excluding hydrogens is 264 g/mol. The molecule has 1 aromatic heterocycles. The van der Waals surface area contributed by atoms with Gasteiger partial charge in [0.15, 0.2) is 0 Å². The van der Waals surface area contributed by atoms with E-state index < -0.39 is 10.2 Å². The minimum absolute atomic E-state index is 0.172. The zero-order chi connectivity index (χ0) is 13.5. The van der Waals surface area contributed by atoms with Gasteiger partial charge in [-0.15, -0.1) is 0 Å². The molecule has 3 heterocycles. The Kier molecular flexibility index (Phi) is 3.36. The van der Waals surface area contributed by atoms with Gasteiger partial charge in [-0.2, -0.15) is 22.1 Å². The van der Waals surface area contributed by atoms with Gasteiger partial charge in [0.1, 0.15) is 0 Å². The third-order valence-electron chi connectivity index (χ3n) is 3.95. The fourth-order valence-corrected chi connectivity index (χ4v) is 4.59. The Bertz CT molecular complexity index is 548. The highest BCUT2D eigenvalue weighted by Gasteiger charge is 2.37. The Balaban J connectivity index is 1.71. The Morgan fingerprint density at radius 2 is 1.95 bits per heavy atom. The van der Waals surface area contributed by atoms with E-state index in [1.54, 1.807) is 8.61 Å². The van der Waals surface area contributed by atoms with Crippen molar-refractivity contribution in [3.63, 3.8) is 0 Å². The summed E-state index contributed by atoms with van der Waals surface area (Å²) in [4.78, 5) is 0. The number of aryl methyl sites for hydroxylation is 1. The van der Waals surface area contributed by atoms with E-state index in [2.05, 4.69) is 5.10 Å². The quantitative estimate of drug-likeness (QED) is 0.824. The monoisotopic (exact) mass is 284 g/mol. The van der Waals surface area contributed by atoms with E-state index >= 15 is 0 Å². The zero-order valence-corrected chi connectivity index (χ0v) is 12.0. The van der Waals surface area contributed by atoms with Crippen LogP contribution in [0.4, 0.5) is 0 Å². The molecule has 2 saturated heterocycles. The van der Waals surface area contributed by atoms with Gasteiger partial charge in [-0.05, 0) is 31.7 Å². The van der Waals surface area contributed by atoms with Crippen molar-refractivity contribution in [3.8, 4) is 0 Å².